The average Bonchev–Trinajstić information content (AvgIpc) is 1.69. The molecule has 1 aliphatic heterocycles. The molecule has 1 saturated heterocycles. The van der Waals surface area contributed by atoms with Crippen LogP contribution in [0.25, 0.3) is 0 Å². The first-order valence-corrected chi connectivity index (χ1v) is 4.50. The zero-order valence-electron chi connectivity index (χ0n) is 4.26. The van der Waals surface area contributed by atoms with Crippen molar-refractivity contribution in [3.63, 3.8) is 0 Å². The van der Waals surface area contributed by atoms with Gasteiger partial charge >= 0.3 is 38.8 Å². The Balaban J connectivity index is 0.000000490. The molecule has 0 aromatic rings. The molecule has 1 heterocycles. The second kappa shape index (κ2) is 4.96. The van der Waals surface area contributed by atoms with Gasteiger partial charge in [0.15, 0.2) is 0 Å². The van der Waals surface area contributed by atoms with E-state index in [1.54, 1.807) is 0 Å². The van der Waals surface area contributed by atoms with Crippen molar-refractivity contribution in [3.8, 4) is 0 Å². The van der Waals surface area contributed by atoms with Crippen LogP contribution >= 0.6 is 0 Å². The molecule has 0 spiro atoms. The van der Waals surface area contributed by atoms with Crippen molar-refractivity contribution in [3.05, 3.63) is 0 Å². The molecule has 0 aromatic heterocycles. The van der Waals surface area contributed by atoms with E-state index < -0.39 is 9.28 Å². The molecular weight excluding hydrogens is 131 g/mol. The summed E-state index contributed by atoms with van der Waals surface area (Å²) in [5.74, 6) is 0. The predicted octanol–water partition coefficient (Wildman–Crippen LogP) is -0.639. The zero-order chi connectivity index (χ0) is 5.11. The fraction of sp³-hybridized carbons (Fsp3) is 1.00. The van der Waals surface area contributed by atoms with Crippen molar-refractivity contribution in [1.29, 1.82) is 0 Å². The summed E-state index contributed by atoms with van der Waals surface area (Å²) < 4.78 is 4.97. The summed E-state index contributed by atoms with van der Waals surface area (Å²) in [6.45, 7) is 0.799. The van der Waals surface area contributed by atoms with Crippen LogP contribution in [-0.4, -0.2) is 50.2 Å². The molecule has 44 valence electrons. The Kier molecular flexibility index (Phi) is 5.67. The van der Waals surface area contributed by atoms with Gasteiger partial charge in [-0.15, -0.1) is 0 Å². The summed E-state index contributed by atoms with van der Waals surface area (Å²) in [5, 5.41) is 0. The fourth-order valence-corrected chi connectivity index (χ4v) is 1.97. The van der Waals surface area contributed by atoms with Crippen molar-refractivity contribution >= 4 is 38.8 Å². The summed E-state index contributed by atoms with van der Waals surface area (Å²) in [4.78, 5) is 8.83. The van der Waals surface area contributed by atoms with Crippen LogP contribution in [0.1, 0.15) is 12.8 Å². The standard InChI is InChI=1S/C4H10O2Si.Na.H/c5-7-4-2-1-3-6-7;;/h5,7H,1-4H2;;. The molecule has 0 aromatic carbocycles. The summed E-state index contributed by atoms with van der Waals surface area (Å²) >= 11 is 0. The van der Waals surface area contributed by atoms with E-state index in [-0.39, 0.29) is 29.6 Å². The summed E-state index contributed by atoms with van der Waals surface area (Å²) in [7, 11) is -1.59. The van der Waals surface area contributed by atoms with Gasteiger partial charge in [0.25, 0.3) is 0 Å². The number of hydrogen-bond acceptors (Lipinski definition) is 2. The van der Waals surface area contributed by atoms with Gasteiger partial charge < -0.3 is 9.22 Å². The van der Waals surface area contributed by atoms with Crippen LogP contribution in [-0.2, 0) is 4.43 Å². The Labute approximate surface area is 73.4 Å². The normalized spacial score (nSPS) is 28.9. The second-order valence-corrected chi connectivity index (χ2v) is 3.64. The van der Waals surface area contributed by atoms with Gasteiger partial charge in [-0.3, -0.25) is 0 Å². The van der Waals surface area contributed by atoms with Crippen LogP contribution in [0.3, 0.4) is 0 Å². The molecule has 0 bridgehead atoms. The van der Waals surface area contributed by atoms with Gasteiger partial charge in [-0.2, -0.15) is 0 Å². The quantitative estimate of drug-likeness (QED) is 0.456. The van der Waals surface area contributed by atoms with Crippen LogP contribution in [0, 0.1) is 0 Å². The minimum atomic E-state index is -1.59. The molecule has 8 heavy (non-hydrogen) atoms. The Bertz CT molecular complexity index is 56.0. The molecule has 1 unspecified atom stereocenters. The third-order valence-electron chi connectivity index (χ3n) is 1.16. The first-order valence-electron chi connectivity index (χ1n) is 2.69. The van der Waals surface area contributed by atoms with Gasteiger partial charge in [-0.05, 0) is 18.9 Å². The van der Waals surface area contributed by atoms with E-state index in [9.17, 15) is 0 Å². The van der Waals surface area contributed by atoms with Gasteiger partial charge in [0.1, 0.15) is 0 Å². The first-order chi connectivity index (χ1) is 3.39. The SMILES string of the molecule is O[SiH]1CCCCO1.[NaH]. The topological polar surface area (TPSA) is 29.5 Å². The van der Waals surface area contributed by atoms with Crippen molar-refractivity contribution in [2.24, 2.45) is 0 Å². The van der Waals surface area contributed by atoms with E-state index >= 15 is 0 Å². The van der Waals surface area contributed by atoms with Crippen LogP contribution in [0.4, 0.5) is 0 Å². The molecule has 0 amide bonds. The predicted molar refractivity (Wildman–Crippen MR) is 36.5 cm³/mol. The molecular formula is C4H11NaO2Si. The molecule has 0 saturated carbocycles. The molecule has 1 aliphatic rings. The Hall–Kier alpha value is 1.14. The molecule has 1 atom stereocenters. The first kappa shape index (κ1) is 9.14. The molecule has 1 rings (SSSR count). The fourth-order valence-electron chi connectivity index (χ4n) is 0.724. The molecule has 1 fully saturated rings. The minimum absolute atomic E-state index is 0. The van der Waals surface area contributed by atoms with Crippen molar-refractivity contribution in [2.45, 2.75) is 18.9 Å². The van der Waals surface area contributed by atoms with Crippen LogP contribution in [0.2, 0.25) is 6.04 Å². The van der Waals surface area contributed by atoms with Gasteiger partial charge in [0.2, 0.25) is 0 Å². The second-order valence-electron chi connectivity index (χ2n) is 1.82. The Morgan fingerprint density at radius 3 is 2.38 bits per heavy atom. The molecule has 1 N–H and O–H groups in total. The van der Waals surface area contributed by atoms with Crippen molar-refractivity contribution in [2.75, 3.05) is 6.61 Å². The molecule has 0 radical (unpaired) electrons. The van der Waals surface area contributed by atoms with E-state index in [0.29, 0.717) is 0 Å². The average molecular weight is 142 g/mol. The van der Waals surface area contributed by atoms with Gasteiger partial charge in [-0.1, -0.05) is 0 Å². The van der Waals surface area contributed by atoms with E-state index in [1.165, 1.54) is 6.42 Å². The molecule has 2 nitrogen and oxygen atoms in total. The summed E-state index contributed by atoms with van der Waals surface area (Å²) in [6, 6.07) is 0.958. The molecule has 4 heteroatoms. The van der Waals surface area contributed by atoms with E-state index in [4.69, 9.17) is 9.22 Å². The Morgan fingerprint density at radius 1 is 1.38 bits per heavy atom. The van der Waals surface area contributed by atoms with Crippen molar-refractivity contribution in [1.82, 2.24) is 0 Å². The van der Waals surface area contributed by atoms with Crippen molar-refractivity contribution < 1.29 is 9.22 Å². The van der Waals surface area contributed by atoms with Crippen LogP contribution in [0.15, 0.2) is 0 Å². The monoisotopic (exact) mass is 142 g/mol. The summed E-state index contributed by atoms with van der Waals surface area (Å²) in [6.07, 6.45) is 2.32. The van der Waals surface area contributed by atoms with Gasteiger partial charge in [-0.25, -0.2) is 0 Å². The third-order valence-corrected chi connectivity index (χ3v) is 2.68. The Morgan fingerprint density at radius 2 is 2.12 bits per heavy atom. The zero-order valence-corrected chi connectivity index (χ0v) is 5.42. The number of hydrogen-bond donors (Lipinski definition) is 1. The van der Waals surface area contributed by atoms with Gasteiger partial charge in [0, 0.05) is 6.61 Å². The van der Waals surface area contributed by atoms with Crippen LogP contribution < -0.4 is 0 Å². The van der Waals surface area contributed by atoms with Crippen LogP contribution in [0.5, 0.6) is 0 Å². The third kappa shape index (κ3) is 3.22. The maximum atomic E-state index is 8.83. The molecule has 0 aliphatic carbocycles. The van der Waals surface area contributed by atoms with E-state index in [2.05, 4.69) is 0 Å². The van der Waals surface area contributed by atoms with E-state index in [1.807, 2.05) is 0 Å². The van der Waals surface area contributed by atoms with Gasteiger partial charge in [0.05, 0.1) is 0 Å². The summed E-state index contributed by atoms with van der Waals surface area (Å²) in [5.41, 5.74) is 0. The maximum absolute atomic E-state index is 8.83. The number of rotatable bonds is 0. The van der Waals surface area contributed by atoms with E-state index in [0.717, 1.165) is 19.1 Å².